The molecule has 5 nitrogen and oxygen atoms in total. The minimum Gasteiger partial charge on any atom is -0.467 e. The molecule has 2 aromatic rings. The third kappa shape index (κ3) is 6.04. The minimum atomic E-state index is 0. The van der Waals surface area contributed by atoms with Gasteiger partial charge in [0.2, 0.25) is 0 Å². The molecule has 1 N–H and O–H groups in total. The van der Waals surface area contributed by atoms with Crippen LogP contribution in [-0.2, 0) is 13.1 Å². The molecule has 1 aromatic heterocycles. The maximum Gasteiger partial charge on any atom is 0.194 e. The summed E-state index contributed by atoms with van der Waals surface area (Å²) in [4.78, 5) is 9.55. The summed E-state index contributed by atoms with van der Waals surface area (Å²) in [6.07, 6.45) is 1.69. The van der Waals surface area contributed by atoms with Crippen LogP contribution in [0.4, 0.5) is 0 Å². The first-order valence-electron chi connectivity index (χ1n) is 8.67. The van der Waals surface area contributed by atoms with Crippen molar-refractivity contribution in [2.24, 2.45) is 4.99 Å². The Labute approximate surface area is 167 Å². The predicted octanol–water partition coefficient (Wildman–Crippen LogP) is 3.18. The van der Waals surface area contributed by atoms with E-state index in [4.69, 9.17) is 9.41 Å². The van der Waals surface area contributed by atoms with Crippen molar-refractivity contribution >= 4 is 29.9 Å². The minimum absolute atomic E-state index is 0. The van der Waals surface area contributed by atoms with E-state index in [-0.39, 0.29) is 24.0 Å². The van der Waals surface area contributed by atoms with E-state index in [1.165, 1.54) is 5.56 Å². The van der Waals surface area contributed by atoms with Gasteiger partial charge in [-0.25, -0.2) is 4.99 Å². The number of nitrogens with one attached hydrogen (secondary N) is 1. The van der Waals surface area contributed by atoms with Crippen molar-refractivity contribution in [1.82, 2.24) is 15.1 Å². The Kier molecular flexibility index (Phi) is 8.27. The summed E-state index contributed by atoms with van der Waals surface area (Å²) >= 11 is 0. The first kappa shape index (κ1) is 19.8. The monoisotopic (exact) mass is 454 g/mol. The average molecular weight is 454 g/mol. The molecule has 0 unspecified atom stereocenters. The number of nitrogens with zero attached hydrogens (tertiary/aromatic N) is 3. The van der Waals surface area contributed by atoms with Gasteiger partial charge >= 0.3 is 0 Å². The van der Waals surface area contributed by atoms with Gasteiger partial charge in [0.05, 0.1) is 6.26 Å². The number of piperazine rings is 1. The van der Waals surface area contributed by atoms with Crippen LogP contribution in [0.2, 0.25) is 0 Å². The van der Waals surface area contributed by atoms with Gasteiger partial charge < -0.3 is 14.6 Å². The van der Waals surface area contributed by atoms with Crippen molar-refractivity contribution in [1.29, 1.82) is 0 Å². The fourth-order valence-corrected chi connectivity index (χ4v) is 2.94. The number of furan rings is 1. The number of halogens is 1. The van der Waals surface area contributed by atoms with Crippen LogP contribution in [0.5, 0.6) is 0 Å². The van der Waals surface area contributed by atoms with Crippen molar-refractivity contribution in [3.05, 3.63) is 60.1 Å². The molecule has 25 heavy (non-hydrogen) atoms. The number of aliphatic imine (C=N–C) groups is 1. The first-order chi connectivity index (χ1) is 11.8. The Hall–Kier alpha value is -1.54. The zero-order valence-electron chi connectivity index (χ0n) is 14.7. The quantitative estimate of drug-likeness (QED) is 0.428. The fraction of sp³-hybridized carbons (Fsp3) is 0.421. The summed E-state index contributed by atoms with van der Waals surface area (Å²) in [6, 6.07) is 14.5. The molecule has 2 heterocycles. The second kappa shape index (κ2) is 10.5. The van der Waals surface area contributed by atoms with Crippen molar-refractivity contribution < 1.29 is 4.42 Å². The Morgan fingerprint density at radius 1 is 1.08 bits per heavy atom. The molecule has 0 radical (unpaired) electrons. The summed E-state index contributed by atoms with van der Waals surface area (Å²) in [5, 5.41) is 3.40. The highest BCUT2D eigenvalue weighted by Gasteiger charge is 2.19. The van der Waals surface area contributed by atoms with Crippen LogP contribution in [0.3, 0.4) is 0 Å². The summed E-state index contributed by atoms with van der Waals surface area (Å²) in [5.74, 6) is 1.88. The van der Waals surface area contributed by atoms with Crippen LogP contribution in [0.15, 0.2) is 58.1 Å². The van der Waals surface area contributed by atoms with E-state index in [1.807, 2.05) is 12.1 Å². The molecule has 136 valence electrons. The van der Waals surface area contributed by atoms with Crippen molar-refractivity contribution in [2.45, 2.75) is 20.0 Å². The van der Waals surface area contributed by atoms with Gasteiger partial charge in [-0.3, -0.25) is 4.90 Å². The molecule has 0 spiro atoms. The smallest absolute Gasteiger partial charge is 0.194 e. The van der Waals surface area contributed by atoms with Gasteiger partial charge in [-0.1, -0.05) is 30.3 Å². The highest BCUT2D eigenvalue weighted by molar-refractivity contribution is 14.0. The van der Waals surface area contributed by atoms with Crippen LogP contribution in [-0.4, -0.2) is 48.5 Å². The summed E-state index contributed by atoms with van der Waals surface area (Å²) in [6.45, 7) is 8.69. The van der Waals surface area contributed by atoms with Crippen LogP contribution >= 0.6 is 24.0 Å². The van der Waals surface area contributed by atoms with Gasteiger partial charge in [0.25, 0.3) is 0 Å². The molecule has 1 aromatic carbocycles. The van der Waals surface area contributed by atoms with Gasteiger partial charge in [0.15, 0.2) is 5.96 Å². The van der Waals surface area contributed by atoms with Crippen LogP contribution < -0.4 is 5.32 Å². The maximum atomic E-state index is 5.37. The lowest BCUT2D eigenvalue weighted by Crippen LogP contribution is -2.52. The summed E-state index contributed by atoms with van der Waals surface area (Å²) < 4.78 is 5.37. The predicted molar refractivity (Wildman–Crippen MR) is 112 cm³/mol. The van der Waals surface area contributed by atoms with Crippen LogP contribution in [0, 0.1) is 0 Å². The lowest BCUT2D eigenvalue weighted by atomic mass is 10.2. The van der Waals surface area contributed by atoms with Crippen molar-refractivity contribution in [3.8, 4) is 0 Å². The zero-order chi connectivity index (χ0) is 16.6. The third-order valence-corrected chi connectivity index (χ3v) is 4.22. The second-order valence-corrected chi connectivity index (χ2v) is 6.00. The van der Waals surface area contributed by atoms with E-state index in [9.17, 15) is 0 Å². The van der Waals surface area contributed by atoms with E-state index < -0.39 is 0 Å². The molecule has 6 heteroatoms. The lowest BCUT2D eigenvalue weighted by molar-refractivity contribution is 0.172. The molecule has 1 aliphatic rings. The Morgan fingerprint density at radius 3 is 2.48 bits per heavy atom. The van der Waals surface area contributed by atoms with Gasteiger partial charge in [0, 0.05) is 39.3 Å². The SMILES string of the molecule is CCNC(=NCc1ccco1)N1CCN(Cc2ccccc2)CC1.I. The van der Waals surface area contributed by atoms with E-state index in [1.54, 1.807) is 6.26 Å². The van der Waals surface area contributed by atoms with Crippen molar-refractivity contribution in [3.63, 3.8) is 0 Å². The maximum absolute atomic E-state index is 5.37. The molecule has 1 aliphatic heterocycles. The standard InChI is InChI=1S/C19H26N4O.HI/c1-2-20-19(21-15-18-9-6-14-24-18)23-12-10-22(11-13-23)16-17-7-4-3-5-8-17;/h3-9,14H,2,10-13,15-16H2,1H3,(H,20,21);1H. The van der Waals surface area contributed by atoms with Crippen molar-refractivity contribution in [2.75, 3.05) is 32.7 Å². The van der Waals surface area contributed by atoms with Crippen LogP contribution in [0.25, 0.3) is 0 Å². The number of guanidine groups is 1. The Bertz CT molecular complexity index is 622. The molecule has 0 saturated carbocycles. The molecule has 0 amide bonds. The van der Waals surface area contributed by atoms with Crippen LogP contribution in [0.1, 0.15) is 18.2 Å². The topological polar surface area (TPSA) is 44.0 Å². The highest BCUT2D eigenvalue weighted by Crippen LogP contribution is 2.09. The molecule has 1 saturated heterocycles. The third-order valence-electron chi connectivity index (χ3n) is 4.22. The lowest BCUT2D eigenvalue weighted by Gasteiger charge is -2.36. The number of hydrogen-bond acceptors (Lipinski definition) is 3. The largest absolute Gasteiger partial charge is 0.467 e. The molecule has 0 bridgehead atoms. The number of benzene rings is 1. The van der Waals surface area contributed by atoms with E-state index >= 15 is 0 Å². The normalized spacial score (nSPS) is 15.7. The average Bonchev–Trinajstić information content (AvgIpc) is 3.14. The van der Waals surface area contributed by atoms with E-state index in [0.717, 1.165) is 51.0 Å². The molecule has 1 fully saturated rings. The highest BCUT2D eigenvalue weighted by atomic mass is 127. The first-order valence-corrected chi connectivity index (χ1v) is 8.67. The Balaban J connectivity index is 0.00000225. The number of rotatable bonds is 5. The van der Waals surface area contributed by atoms with Gasteiger partial charge in [-0.05, 0) is 24.6 Å². The number of hydrogen-bond donors (Lipinski definition) is 1. The fourth-order valence-electron chi connectivity index (χ4n) is 2.94. The second-order valence-electron chi connectivity index (χ2n) is 6.00. The Morgan fingerprint density at radius 2 is 1.84 bits per heavy atom. The van der Waals surface area contributed by atoms with Gasteiger partial charge in [-0.2, -0.15) is 0 Å². The molecular formula is C19H27IN4O. The molecule has 0 atom stereocenters. The van der Waals surface area contributed by atoms with E-state index in [2.05, 4.69) is 52.4 Å². The van der Waals surface area contributed by atoms with E-state index in [0.29, 0.717) is 6.54 Å². The molecule has 0 aliphatic carbocycles. The summed E-state index contributed by atoms with van der Waals surface area (Å²) in [7, 11) is 0. The van der Waals surface area contributed by atoms with Gasteiger partial charge in [-0.15, -0.1) is 24.0 Å². The summed E-state index contributed by atoms with van der Waals surface area (Å²) in [5.41, 5.74) is 1.38. The zero-order valence-corrected chi connectivity index (χ0v) is 17.1. The van der Waals surface area contributed by atoms with Gasteiger partial charge in [0.1, 0.15) is 12.3 Å². The molecule has 3 rings (SSSR count). The molecular weight excluding hydrogens is 427 g/mol.